The standard InChI is InChI=1S/C29H21F8N5O3S/c30-19-3-5-21(6-4-19)46(44,45)42-15-20(31)11-24(42)27(43)40-12-16-9-22(17-1-7-25(38-13-17)28(32,33)34)41-23(10-16)18-2-8-26(39-14-18)29(35,36)37/h1-10,13-14,20,24H,11-12,15H2,(H,40,43). The maximum Gasteiger partial charge on any atom is 0.433 e. The monoisotopic (exact) mass is 671 g/mol. The van der Waals surface area contributed by atoms with E-state index in [4.69, 9.17) is 0 Å². The Labute approximate surface area is 256 Å². The summed E-state index contributed by atoms with van der Waals surface area (Å²) < 4.78 is 133. The predicted molar refractivity (Wildman–Crippen MR) is 146 cm³/mol. The van der Waals surface area contributed by atoms with Gasteiger partial charge in [0.1, 0.15) is 29.4 Å². The fraction of sp³-hybridized carbons (Fsp3) is 0.241. The molecule has 1 aliphatic rings. The zero-order chi connectivity index (χ0) is 33.4. The topological polar surface area (TPSA) is 105 Å². The number of pyridine rings is 3. The summed E-state index contributed by atoms with van der Waals surface area (Å²) in [5, 5.41) is 2.51. The molecule has 1 N–H and O–H groups in total. The summed E-state index contributed by atoms with van der Waals surface area (Å²) in [6.45, 7) is -0.940. The average Bonchev–Trinajstić information content (AvgIpc) is 3.42. The highest BCUT2D eigenvalue weighted by Crippen LogP contribution is 2.32. The molecule has 3 aromatic heterocycles. The van der Waals surface area contributed by atoms with Gasteiger partial charge < -0.3 is 5.32 Å². The number of amides is 1. The van der Waals surface area contributed by atoms with E-state index in [9.17, 15) is 48.3 Å². The van der Waals surface area contributed by atoms with Crippen molar-refractivity contribution < 1.29 is 48.3 Å². The van der Waals surface area contributed by atoms with Crippen LogP contribution < -0.4 is 5.32 Å². The Morgan fingerprint density at radius 3 is 1.83 bits per heavy atom. The zero-order valence-electron chi connectivity index (χ0n) is 23.1. The molecule has 0 radical (unpaired) electrons. The van der Waals surface area contributed by atoms with E-state index in [2.05, 4.69) is 20.3 Å². The largest absolute Gasteiger partial charge is 0.433 e. The molecule has 46 heavy (non-hydrogen) atoms. The molecule has 1 fully saturated rings. The van der Waals surface area contributed by atoms with Gasteiger partial charge in [0.2, 0.25) is 15.9 Å². The number of sulfonamides is 1. The molecule has 1 aliphatic heterocycles. The minimum atomic E-state index is -4.72. The van der Waals surface area contributed by atoms with Gasteiger partial charge in [0.15, 0.2) is 0 Å². The molecule has 0 spiro atoms. The molecule has 1 saturated heterocycles. The average molecular weight is 672 g/mol. The third-order valence-electron chi connectivity index (χ3n) is 6.98. The van der Waals surface area contributed by atoms with E-state index in [0.717, 1.165) is 48.8 Å². The number of benzene rings is 1. The Hall–Kier alpha value is -4.51. The number of carbonyl (C=O) groups excluding carboxylic acids is 1. The molecule has 0 saturated carbocycles. The second kappa shape index (κ2) is 12.4. The number of carbonyl (C=O) groups is 1. The Kier molecular flexibility index (Phi) is 8.83. The molecule has 8 nitrogen and oxygen atoms in total. The molecule has 1 aromatic carbocycles. The quantitative estimate of drug-likeness (QED) is 0.249. The van der Waals surface area contributed by atoms with Gasteiger partial charge in [0.25, 0.3) is 0 Å². The fourth-order valence-electron chi connectivity index (χ4n) is 4.72. The van der Waals surface area contributed by atoms with Crippen molar-refractivity contribution in [2.45, 2.75) is 42.4 Å². The fourth-order valence-corrected chi connectivity index (χ4v) is 6.35. The van der Waals surface area contributed by atoms with Gasteiger partial charge in [-0.15, -0.1) is 0 Å². The highest BCUT2D eigenvalue weighted by molar-refractivity contribution is 7.89. The lowest BCUT2D eigenvalue weighted by Crippen LogP contribution is -2.45. The molecule has 2 atom stereocenters. The third kappa shape index (κ3) is 7.14. The lowest BCUT2D eigenvalue weighted by Gasteiger charge is -2.23. The van der Waals surface area contributed by atoms with Crippen LogP contribution in [0.3, 0.4) is 0 Å². The number of nitrogens with zero attached hydrogens (tertiary/aromatic N) is 4. The number of rotatable bonds is 7. The first kappa shape index (κ1) is 32.9. The summed E-state index contributed by atoms with van der Waals surface area (Å²) in [7, 11) is -4.40. The summed E-state index contributed by atoms with van der Waals surface area (Å²) in [4.78, 5) is 24.0. The van der Waals surface area contributed by atoms with Crippen LogP contribution in [0.15, 0.2) is 78.0 Å². The van der Waals surface area contributed by atoms with Crippen molar-refractivity contribution in [1.29, 1.82) is 0 Å². The third-order valence-corrected chi connectivity index (χ3v) is 8.87. The highest BCUT2D eigenvalue weighted by atomic mass is 32.2. The van der Waals surface area contributed by atoms with E-state index >= 15 is 0 Å². The predicted octanol–water partition coefficient (Wildman–Crippen LogP) is 5.80. The molecule has 1 amide bonds. The minimum absolute atomic E-state index is 0.0491. The van der Waals surface area contributed by atoms with Gasteiger partial charge in [0, 0.05) is 43.0 Å². The van der Waals surface area contributed by atoms with E-state index in [1.165, 1.54) is 12.1 Å². The molecule has 17 heteroatoms. The lowest BCUT2D eigenvalue weighted by atomic mass is 10.1. The molecule has 4 aromatic rings. The molecular weight excluding hydrogens is 650 g/mol. The molecule has 0 aliphatic carbocycles. The molecule has 242 valence electrons. The van der Waals surface area contributed by atoms with Gasteiger partial charge in [0.05, 0.1) is 16.3 Å². The molecule has 5 rings (SSSR count). The number of aromatic nitrogens is 3. The molecule has 2 unspecified atom stereocenters. The molecule has 0 bridgehead atoms. The summed E-state index contributed by atoms with van der Waals surface area (Å²) in [5.74, 6) is -1.58. The maximum absolute atomic E-state index is 14.4. The summed E-state index contributed by atoms with van der Waals surface area (Å²) in [6.07, 6.45) is -9.77. The van der Waals surface area contributed by atoms with Gasteiger partial charge in [-0.2, -0.15) is 30.6 Å². The number of hydrogen-bond acceptors (Lipinski definition) is 6. The van der Waals surface area contributed by atoms with Gasteiger partial charge in [-0.3, -0.25) is 14.8 Å². The van der Waals surface area contributed by atoms with Crippen LogP contribution in [0.25, 0.3) is 22.5 Å². The van der Waals surface area contributed by atoms with Crippen molar-refractivity contribution in [3.05, 3.63) is 95.8 Å². The smallest absolute Gasteiger partial charge is 0.351 e. The van der Waals surface area contributed by atoms with E-state index in [-0.39, 0.29) is 39.5 Å². The van der Waals surface area contributed by atoms with Crippen LogP contribution in [-0.2, 0) is 33.7 Å². The van der Waals surface area contributed by atoms with Crippen LogP contribution in [-0.4, -0.2) is 52.3 Å². The lowest BCUT2D eigenvalue weighted by molar-refractivity contribution is -0.141. The van der Waals surface area contributed by atoms with E-state index < -0.39 is 70.7 Å². The summed E-state index contributed by atoms with van der Waals surface area (Å²) in [5.41, 5.74) is -1.77. The number of alkyl halides is 7. The van der Waals surface area contributed by atoms with Gasteiger partial charge >= 0.3 is 12.4 Å². The second-order valence-corrected chi connectivity index (χ2v) is 12.1. The number of nitrogens with one attached hydrogen (secondary N) is 1. The zero-order valence-corrected chi connectivity index (χ0v) is 24.0. The maximum atomic E-state index is 14.4. The molecule has 4 heterocycles. The Morgan fingerprint density at radius 1 is 0.848 bits per heavy atom. The Morgan fingerprint density at radius 2 is 1.37 bits per heavy atom. The van der Waals surface area contributed by atoms with Crippen LogP contribution in [0.4, 0.5) is 35.1 Å². The summed E-state index contributed by atoms with van der Waals surface area (Å²) in [6, 6.07) is 8.68. The van der Waals surface area contributed by atoms with Crippen molar-refractivity contribution in [3.8, 4) is 22.5 Å². The van der Waals surface area contributed by atoms with Crippen LogP contribution in [0.5, 0.6) is 0 Å². The highest BCUT2D eigenvalue weighted by Gasteiger charge is 2.44. The minimum Gasteiger partial charge on any atom is -0.351 e. The van der Waals surface area contributed by atoms with Crippen molar-refractivity contribution >= 4 is 15.9 Å². The van der Waals surface area contributed by atoms with Crippen molar-refractivity contribution in [2.24, 2.45) is 0 Å². The van der Waals surface area contributed by atoms with Crippen LogP contribution >= 0.6 is 0 Å². The second-order valence-electron chi connectivity index (χ2n) is 10.2. The van der Waals surface area contributed by atoms with E-state index in [0.29, 0.717) is 16.4 Å². The summed E-state index contributed by atoms with van der Waals surface area (Å²) >= 11 is 0. The first-order valence-corrected chi connectivity index (χ1v) is 14.7. The van der Waals surface area contributed by atoms with Crippen LogP contribution in [0.2, 0.25) is 0 Å². The number of halogens is 8. The van der Waals surface area contributed by atoms with Gasteiger partial charge in [-0.25, -0.2) is 22.2 Å². The van der Waals surface area contributed by atoms with Crippen molar-refractivity contribution in [2.75, 3.05) is 6.54 Å². The van der Waals surface area contributed by atoms with Crippen LogP contribution in [0, 0.1) is 5.82 Å². The number of hydrogen-bond donors (Lipinski definition) is 1. The van der Waals surface area contributed by atoms with Crippen molar-refractivity contribution in [1.82, 2.24) is 24.6 Å². The van der Waals surface area contributed by atoms with Crippen LogP contribution in [0.1, 0.15) is 23.4 Å². The first-order chi connectivity index (χ1) is 21.5. The SMILES string of the molecule is O=C(NCc1cc(-c2ccc(C(F)(F)F)nc2)nc(-c2ccc(C(F)(F)F)nc2)c1)C1CC(F)CN1S(=O)(=O)c1ccc(F)cc1. The van der Waals surface area contributed by atoms with Gasteiger partial charge in [-0.05, 0) is 66.2 Å². The Bertz CT molecular complexity index is 1760. The van der Waals surface area contributed by atoms with Gasteiger partial charge in [-0.1, -0.05) is 0 Å². The Balaban J connectivity index is 1.44. The molecular formula is C29H21F8N5O3S. The normalized spacial score (nSPS) is 17.7. The van der Waals surface area contributed by atoms with E-state index in [1.807, 2.05) is 0 Å². The van der Waals surface area contributed by atoms with E-state index in [1.54, 1.807) is 0 Å². The van der Waals surface area contributed by atoms with Crippen molar-refractivity contribution in [3.63, 3.8) is 0 Å². The first-order valence-electron chi connectivity index (χ1n) is 13.3.